The number of anilines is 2. The molecular formula is C13H21N7O3Si. The van der Waals surface area contributed by atoms with Crippen LogP contribution in [0.3, 0.4) is 0 Å². The van der Waals surface area contributed by atoms with Crippen LogP contribution in [0.1, 0.15) is 0 Å². The third-order valence-electron chi connectivity index (χ3n) is 3.21. The Bertz CT molecular complexity index is 742. The molecule has 2 aromatic heterocycles. The number of hydrogen-bond donors (Lipinski definition) is 2. The molecule has 4 N–H and O–H groups in total. The number of rotatable bonds is 7. The number of nitrogens with zero attached hydrogens (tertiary/aromatic N) is 5. The van der Waals surface area contributed by atoms with E-state index in [4.69, 9.17) is 16.2 Å². The predicted molar refractivity (Wildman–Crippen MR) is 92.8 cm³/mol. The van der Waals surface area contributed by atoms with Crippen molar-refractivity contribution in [1.82, 2.24) is 19.7 Å². The van der Waals surface area contributed by atoms with E-state index in [0.717, 1.165) is 6.04 Å². The number of nitrogens with two attached hydrogens (primary N) is 2. The van der Waals surface area contributed by atoms with E-state index in [2.05, 4.69) is 34.7 Å². The van der Waals surface area contributed by atoms with Crippen LogP contribution >= 0.6 is 0 Å². The van der Waals surface area contributed by atoms with Crippen molar-refractivity contribution in [2.45, 2.75) is 32.4 Å². The van der Waals surface area contributed by atoms with Crippen molar-refractivity contribution in [2.24, 2.45) is 0 Å². The van der Waals surface area contributed by atoms with E-state index in [1.807, 2.05) is 0 Å². The quantitative estimate of drug-likeness (QED) is 0.331. The first kappa shape index (κ1) is 17.8. The lowest BCUT2D eigenvalue weighted by Gasteiger charge is -2.15. The average molecular weight is 351 g/mol. The molecule has 0 aliphatic heterocycles. The molecule has 0 amide bonds. The van der Waals surface area contributed by atoms with Crippen LogP contribution in [0.4, 0.5) is 17.5 Å². The van der Waals surface area contributed by atoms with Gasteiger partial charge in [0.2, 0.25) is 11.8 Å². The smallest absolute Gasteiger partial charge is 0.339 e. The van der Waals surface area contributed by atoms with Gasteiger partial charge in [0.1, 0.15) is 12.4 Å². The highest BCUT2D eigenvalue weighted by atomic mass is 28.3. The summed E-state index contributed by atoms with van der Waals surface area (Å²) in [4.78, 5) is 18.1. The number of nitro groups is 1. The lowest BCUT2D eigenvalue weighted by molar-refractivity contribution is -0.383. The van der Waals surface area contributed by atoms with Crippen LogP contribution in [-0.2, 0) is 11.5 Å². The molecule has 0 aliphatic rings. The molecule has 10 nitrogen and oxygen atoms in total. The molecule has 0 saturated heterocycles. The van der Waals surface area contributed by atoms with Gasteiger partial charge in [-0.3, -0.25) is 10.1 Å². The second-order valence-corrected chi connectivity index (χ2v) is 12.1. The van der Waals surface area contributed by atoms with Crippen molar-refractivity contribution in [3.63, 3.8) is 0 Å². The Balaban J connectivity index is 2.15. The molecule has 0 aliphatic carbocycles. The summed E-state index contributed by atoms with van der Waals surface area (Å²) in [6, 6.07) is 2.64. The largest absolute Gasteiger partial charge is 0.378 e. The minimum atomic E-state index is -1.15. The molecular weight excluding hydrogens is 330 g/mol. The Labute approximate surface area is 140 Å². The molecule has 11 heteroatoms. The molecule has 0 unspecified atom stereocenters. The van der Waals surface area contributed by atoms with Crippen LogP contribution in [0.2, 0.25) is 25.7 Å². The van der Waals surface area contributed by atoms with Crippen LogP contribution < -0.4 is 11.5 Å². The van der Waals surface area contributed by atoms with E-state index in [9.17, 15) is 10.1 Å². The summed E-state index contributed by atoms with van der Waals surface area (Å²) in [6.07, 6.45) is 1.65. The Morgan fingerprint density at radius 3 is 2.67 bits per heavy atom. The van der Waals surface area contributed by atoms with Gasteiger partial charge in [0.05, 0.1) is 4.92 Å². The van der Waals surface area contributed by atoms with E-state index >= 15 is 0 Å². The van der Waals surface area contributed by atoms with Gasteiger partial charge in [-0.1, -0.05) is 19.6 Å². The average Bonchev–Trinajstić information content (AvgIpc) is 2.90. The van der Waals surface area contributed by atoms with Gasteiger partial charge in [-0.25, -0.2) is 9.67 Å². The molecule has 2 heterocycles. The zero-order valence-corrected chi connectivity index (χ0v) is 14.9. The number of nitrogen functional groups attached to an aromatic ring is 2. The van der Waals surface area contributed by atoms with Crippen molar-refractivity contribution in [1.29, 1.82) is 0 Å². The van der Waals surface area contributed by atoms with Crippen LogP contribution in [0, 0.1) is 10.1 Å². The van der Waals surface area contributed by atoms with Crippen LogP contribution in [0.15, 0.2) is 12.3 Å². The van der Waals surface area contributed by atoms with Gasteiger partial charge in [-0.15, -0.1) is 0 Å². The highest BCUT2D eigenvalue weighted by molar-refractivity contribution is 6.76. The van der Waals surface area contributed by atoms with Crippen LogP contribution in [0.5, 0.6) is 0 Å². The Hall–Kier alpha value is -2.53. The third-order valence-corrected chi connectivity index (χ3v) is 4.92. The predicted octanol–water partition coefficient (Wildman–Crippen LogP) is 1.72. The first-order chi connectivity index (χ1) is 11.2. The van der Waals surface area contributed by atoms with E-state index in [-0.39, 0.29) is 29.9 Å². The molecule has 2 aromatic rings. The van der Waals surface area contributed by atoms with E-state index in [1.54, 1.807) is 12.3 Å². The standard InChI is InChI=1S/C13H21N7O3Si/c1-24(2,3)7-6-23-8-19-5-4-9(18-19)10-11(20(21)22)12(14)17-13(15)16-10/h4-5H,6-8H2,1-3H3,(H4,14,15,16,17). The number of ether oxygens (including phenoxy) is 1. The zero-order valence-electron chi connectivity index (χ0n) is 13.9. The summed E-state index contributed by atoms with van der Waals surface area (Å²) in [7, 11) is -1.15. The summed E-state index contributed by atoms with van der Waals surface area (Å²) in [6.45, 7) is 7.72. The van der Waals surface area contributed by atoms with Crippen molar-refractivity contribution in [3.8, 4) is 11.4 Å². The summed E-state index contributed by atoms with van der Waals surface area (Å²) >= 11 is 0. The summed E-state index contributed by atoms with van der Waals surface area (Å²) in [5.74, 6) is -0.433. The maximum atomic E-state index is 11.2. The van der Waals surface area contributed by atoms with Crippen molar-refractivity contribution < 1.29 is 9.66 Å². The fourth-order valence-corrected chi connectivity index (χ4v) is 2.70. The second-order valence-electron chi connectivity index (χ2n) is 6.51. The van der Waals surface area contributed by atoms with Gasteiger partial charge in [0.15, 0.2) is 5.69 Å². The summed E-state index contributed by atoms with van der Waals surface area (Å²) in [5.41, 5.74) is 11.0. The Morgan fingerprint density at radius 1 is 1.33 bits per heavy atom. The number of aromatic nitrogens is 4. The van der Waals surface area contributed by atoms with E-state index < -0.39 is 18.7 Å². The van der Waals surface area contributed by atoms with Gasteiger partial charge >= 0.3 is 5.69 Å². The van der Waals surface area contributed by atoms with Crippen molar-refractivity contribution in [3.05, 3.63) is 22.4 Å². The third kappa shape index (κ3) is 4.49. The lowest BCUT2D eigenvalue weighted by atomic mass is 10.2. The van der Waals surface area contributed by atoms with Gasteiger partial charge in [0.25, 0.3) is 0 Å². The van der Waals surface area contributed by atoms with Gasteiger partial charge in [0, 0.05) is 20.9 Å². The van der Waals surface area contributed by atoms with Gasteiger partial charge in [-0.2, -0.15) is 10.1 Å². The molecule has 0 radical (unpaired) electrons. The van der Waals surface area contributed by atoms with Crippen LogP contribution in [0.25, 0.3) is 11.4 Å². The fourth-order valence-electron chi connectivity index (χ4n) is 1.95. The molecule has 130 valence electrons. The molecule has 0 saturated carbocycles. The maximum Gasteiger partial charge on any atom is 0.339 e. The highest BCUT2D eigenvalue weighted by Gasteiger charge is 2.25. The molecule has 0 fully saturated rings. The minimum Gasteiger partial charge on any atom is -0.378 e. The zero-order chi connectivity index (χ0) is 17.9. The second kappa shape index (κ2) is 6.92. The SMILES string of the molecule is C[Si](C)(C)CCOCn1ccc(-c2nc(N)nc(N)c2[N+](=O)[O-])n1. The van der Waals surface area contributed by atoms with E-state index in [0.29, 0.717) is 6.61 Å². The first-order valence-corrected chi connectivity index (χ1v) is 11.1. The molecule has 0 bridgehead atoms. The van der Waals surface area contributed by atoms with Gasteiger partial charge in [-0.05, 0) is 12.1 Å². The number of hydrogen-bond acceptors (Lipinski definition) is 8. The Kier molecular flexibility index (Phi) is 5.14. The minimum absolute atomic E-state index is 0.00847. The highest BCUT2D eigenvalue weighted by Crippen LogP contribution is 2.31. The molecule has 24 heavy (non-hydrogen) atoms. The monoisotopic (exact) mass is 351 g/mol. The first-order valence-electron chi connectivity index (χ1n) is 7.36. The summed E-state index contributed by atoms with van der Waals surface area (Å²) in [5, 5.41) is 15.4. The summed E-state index contributed by atoms with van der Waals surface area (Å²) < 4.78 is 7.13. The maximum absolute atomic E-state index is 11.2. The molecule has 0 aromatic carbocycles. The van der Waals surface area contributed by atoms with Crippen molar-refractivity contribution >= 4 is 25.5 Å². The van der Waals surface area contributed by atoms with Crippen LogP contribution in [-0.4, -0.2) is 39.4 Å². The van der Waals surface area contributed by atoms with Gasteiger partial charge < -0.3 is 16.2 Å². The lowest BCUT2D eigenvalue weighted by Crippen LogP contribution is -2.22. The van der Waals surface area contributed by atoms with E-state index in [1.165, 1.54) is 4.68 Å². The Morgan fingerprint density at radius 2 is 2.04 bits per heavy atom. The molecule has 0 atom stereocenters. The molecule has 2 rings (SSSR count). The molecule has 0 spiro atoms. The fraction of sp³-hybridized carbons (Fsp3) is 0.462. The topological polar surface area (TPSA) is 148 Å². The van der Waals surface area contributed by atoms with Crippen molar-refractivity contribution in [2.75, 3.05) is 18.1 Å². The normalized spacial score (nSPS) is 11.6.